The van der Waals surface area contributed by atoms with E-state index in [4.69, 9.17) is 0 Å². The molecule has 0 bridgehead atoms. The van der Waals surface area contributed by atoms with Crippen LogP contribution in [-0.2, 0) is 4.79 Å². The van der Waals surface area contributed by atoms with Crippen molar-refractivity contribution in [3.05, 3.63) is 0 Å². The molecule has 0 amide bonds. The van der Waals surface area contributed by atoms with Crippen LogP contribution in [0.15, 0.2) is 0 Å². The smallest absolute Gasteiger partial charge is 0.323 e. The Labute approximate surface area is 99.0 Å². The first kappa shape index (κ1) is 15.4. The van der Waals surface area contributed by atoms with E-state index in [1.54, 1.807) is 6.92 Å². The molecule has 2 N–H and O–H groups in total. The maximum absolute atomic E-state index is 11.2. The molecule has 0 saturated carbocycles. The van der Waals surface area contributed by atoms with Crippen molar-refractivity contribution < 1.29 is 9.90 Å². The number of hydrogen-bond acceptors (Lipinski definition) is 3. The number of aliphatic carboxylic acids is 1. The first-order valence-corrected chi connectivity index (χ1v) is 6.02. The van der Waals surface area contributed by atoms with Crippen molar-refractivity contribution in [2.75, 3.05) is 20.1 Å². The Morgan fingerprint density at radius 2 is 2.06 bits per heavy atom. The summed E-state index contributed by atoms with van der Waals surface area (Å²) in [5.41, 5.74) is -0.806. The second-order valence-electron chi connectivity index (χ2n) is 4.89. The molecular formula is C12H26N2O2. The van der Waals surface area contributed by atoms with Gasteiger partial charge in [0.2, 0.25) is 0 Å². The van der Waals surface area contributed by atoms with Crippen molar-refractivity contribution in [3.8, 4) is 0 Å². The van der Waals surface area contributed by atoms with Gasteiger partial charge in [-0.25, -0.2) is 0 Å². The van der Waals surface area contributed by atoms with Crippen molar-refractivity contribution in [3.63, 3.8) is 0 Å². The molecule has 96 valence electrons. The first-order chi connectivity index (χ1) is 7.33. The highest BCUT2D eigenvalue weighted by Crippen LogP contribution is 2.11. The lowest BCUT2D eigenvalue weighted by Crippen LogP contribution is -2.51. The maximum atomic E-state index is 11.2. The lowest BCUT2D eigenvalue weighted by Gasteiger charge is -2.30. The molecule has 0 rings (SSSR count). The number of nitrogens with one attached hydrogen (secondary N) is 1. The number of rotatable bonds is 8. The Morgan fingerprint density at radius 3 is 2.44 bits per heavy atom. The summed E-state index contributed by atoms with van der Waals surface area (Å²) in [5, 5.41) is 12.3. The van der Waals surface area contributed by atoms with Crippen molar-refractivity contribution in [1.82, 2.24) is 10.2 Å². The molecule has 0 aliphatic rings. The number of carbonyl (C=O) groups is 1. The monoisotopic (exact) mass is 230 g/mol. The summed E-state index contributed by atoms with van der Waals surface area (Å²) in [6.45, 7) is 9.55. The maximum Gasteiger partial charge on any atom is 0.323 e. The standard InChI is InChI=1S/C12H26N2O2/c1-6-8-13-12(4,11(15)16)7-9-14(5)10(2)3/h10,13H,6-9H2,1-5H3,(H,15,16). The first-order valence-electron chi connectivity index (χ1n) is 6.02. The Hall–Kier alpha value is -0.610. The van der Waals surface area contributed by atoms with E-state index in [-0.39, 0.29) is 0 Å². The van der Waals surface area contributed by atoms with Gasteiger partial charge in [0.15, 0.2) is 0 Å². The Kier molecular flexibility index (Phi) is 6.60. The van der Waals surface area contributed by atoms with Crippen LogP contribution in [0.1, 0.15) is 40.5 Å². The van der Waals surface area contributed by atoms with E-state index in [0.29, 0.717) is 12.5 Å². The van der Waals surface area contributed by atoms with Gasteiger partial charge in [0.25, 0.3) is 0 Å². The molecule has 0 aromatic carbocycles. The van der Waals surface area contributed by atoms with Gasteiger partial charge in [-0.15, -0.1) is 0 Å². The highest BCUT2D eigenvalue weighted by molar-refractivity contribution is 5.78. The molecule has 0 aromatic rings. The summed E-state index contributed by atoms with van der Waals surface area (Å²) < 4.78 is 0. The molecule has 0 aromatic heterocycles. The van der Waals surface area contributed by atoms with Gasteiger partial charge in [-0.1, -0.05) is 6.92 Å². The molecule has 0 radical (unpaired) electrons. The lowest BCUT2D eigenvalue weighted by molar-refractivity contribution is -0.144. The van der Waals surface area contributed by atoms with Gasteiger partial charge in [0.1, 0.15) is 5.54 Å². The zero-order chi connectivity index (χ0) is 12.8. The minimum absolute atomic E-state index is 0.448. The van der Waals surface area contributed by atoms with E-state index < -0.39 is 11.5 Å². The van der Waals surface area contributed by atoms with Gasteiger partial charge >= 0.3 is 5.97 Å². The summed E-state index contributed by atoms with van der Waals surface area (Å²) in [7, 11) is 2.02. The molecular weight excluding hydrogens is 204 g/mol. The third-order valence-corrected chi connectivity index (χ3v) is 3.08. The Balaban J connectivity index is 4.27. The summed E-state index contributed by atoms with van der Waals surface area (Å²) in [6.07, 6.45) is 1.57. The van der Waals surface area contributed by atoms with Gasteiger partial charge < -0.3 is 15.3 Å². The summed E-state index contributed by atoms with van der Waals surface area (Å²) in [5.74, 6) is -0.766. The van der Waals surface area contributed by atoms with Gasteiger partial charge in [-0.2, -0.15) is 0 Å². The van der Waals surface area contributed by atoms with Gasteiger partial charge in [0, 0.05) is 12.6 Å². The minimum atomic E-state index is -0.806. The fraction of sp³-hybridized carbons (Fsp3) is 0.917. The third kappa shape index (κ3) is 4.94. The zero-order valence-corrected chi connectivity index (χ0v) is 11.2. The van der Waals surface area contributed by atoms with Crippen molar-refractivity contribution >= 4 is 5.97 Å². The van der Waals surface area contributed by atoms with Crippen LogP contribution in [0.4, 0.5) is 0 Å². The molecule has 0 aliphatic heterocycles. The van der Waals surface area contributed by atoms with Crippen LogP contribution < -0.4 is 5.32 Å². The second-order valence-corrected chi connectivity index (χ2v) is 4.89. The van der Waals surface area contributed by atoms with E-state index in [1.165, 1.54) is 0 Å². The van der Waals surface area contributed by atoms with Gasteiger partial charge in [-0.05, 0) is 47.2 Å². The highest BCUT2D eigenvalue weighted by Gasteiger charge is 2.32. The molecule has 1 unspecified atom stereocenters. The lowest BCUT2D eigenvalue weighted by atomic mass is 9.97. The predicted octanol–water partition coefficient (Wildman–Crippen LogP) is 1.56. The van der Waals surface area contributed by atoms with E-state index in [2.05, 4.69) is 24.1 Å². The minimum Gasteiger partial charge on any atom is -0.480 e. The summed E-state index contributed by atoms with van der Waals surface area (Å²) >= 11 is 0. The van der Waals surface area contributed by atoms with Crippen LogP contribution in [0.5, 0.6) is 0 Å². The fourth-order valence-corrected chi connectivity index (χ4v) is 1.33. The molecule has 4 heteroatoms. The number of nitrogens with zero attached hydrogens (tertiary/aromatic N) is 1. The van der Waals surface area contributed by atoms with Gasteiger partial charge in [0.05, 0.1) is 0 Å². The van der Waals surface area contributed by atoms with Crippen molar-refractivity contribution in [2.24, 2.45) is 0 Å². The Morgan fingerprint density at radius 1 is 1.50 bits per heavy atom. The molecule has 0 fully saturated rings. The second kappa shape index (κ2) is 6.86. The topological polar surface area (TPSA) is 52.6 Å². The molecule has 4 nitrogen and oxygen atoms in total. The van der Waals surface area contributed by atoms with E-state index in [1.807, 2.05) is 14.0 Å². The van der Waals surface area contributed by atoms with Gasteiger partial charge in [-0.3, -0.25) is 4.79 Å². The average Bonchev–Trinajstić information content (AvgIpc) is 2.22. The quantitative estimate of drug-likeness (QED) is 0.664. The van der Waals surface area contributed by atoms with Crippen molar-refractivity contribution in [1.29, 1.82) is 0 Å². The normalized spacial score (nSPS) is 15.4. The molecule has 0 heterocycles. The molecule has 1 atom stereocenters. The van der Waals surface area contributed by atoms with Crippen LogP contribution in [0, 0.1) is 0 Å². The number of carboxylic acids is 1. The van der Waals surface area contributed by atoms with E-state index in [0.717, 1.165) is 19.5 Å². The van der Waals surface area contributed by atoms with Crippen LogP contribution in [0.3, 0.4) is 0 Å². The molecule has 0 saturated heterocycles. The predicted molar refractivity (Wildman–Crippen MR) is 66.7 cm³/mol. The number of hydrogen-bond donors (Lipinski definition) is 2. The van der Waals surface area contributed by atoms with E-state index in [9.17, 15) is 9.90 Å². The fourth-order valence-electron chi connectivity index (χ4n) is 1.33. The highest BCUT2D eigenvalue weighted by atomic mass is 16.4. The largest absolute Gasteiger partial charge is 0.480 e. The van der Waals surface area contributed by atoms with Crippen LogP contribution in [-0.4, -0.2) is 47.7 Å². The molecule has 16 heavy (non-hydrogen) atoms. The number of carboxylic acid groups (broad SMARTS) is 1. The third-order valence-electron chi connectivity index (χ3n) is 3.08. The summed E-state index contributed by atoms with van der Waals surface area (Å²) in [4.78, 5) is 13.4. The molecule has 0 aliphatic carbocycles. The SMILES string of the molecule is CCCNC(C)(CCN(C)C(C)C)C(=O)O. The van der Waals surface area contributed by atoms with E-state index >= 15 is 0 Å². The van der Waals surface area contributed by atoms with Crippen LogP contribution >= 0.6 is 0 Å². The average molecular weight is 230 g/mol. The van der Waals surface area contributed by atoms with Crippen molar-refractivity contribution in [2.45, 2.75) is 52.1 Å². The van der Waals surface area contributed by atoms with Crippen LogP contribution in [0.2, 0.25) is 0 Å². The zero-order valence-electron chi connectivity index (χ0n) is 11.2. The summed E-state index contributed by atoms with van der Waals surface area (Å²) in [6, 6.07) is 0.448. The van der Waals surface area contributed by atoms with Crippen LogP contribution in [0.25, 0.3) is 0 Å². The molecule has 0 spiro atoms. The Bertz CT molecular complexity index is 219.